The summed E-state index contributed by atoms with van der Waals surface area (Å²) in [5.74, 6) is -1.82. The van der Waals surface area contributed by atoms with Gasteiger partial charge in [0.15, 0.2) is 6.04 Å². The normalized spacial score (nSPS) is 24.3. The highest BCUT2D eigenvalue weighted by Crippen LogP contribution is 2.35. The molecular weight excluding hydrogens is 414 g/mol. The molecule has 3 rings (SSSR count). The maximum atomic E-state index is 12.9. The lowest BCUT2D eigenvalue weighted by atomic mass is 9.78. The van der Waals surface area contributed by atoms with Crippen molar-refractivity contribution in [2.45, 2.75) is 57.9 Å². The van der Waals surface area contributed by atoms with Crippen LogP contribution in [0, 0.1) is 11.8 Å². The molecule has 0 unspecified atom stereocenters. The van der Waals surface area contributed by atoms with Crippen LogP contribution in [0.4, 0.5) is 9.59 Å². The number of unbranched alkanes of at least 4 members (excludes halogenated alkanes) is 3. The van der Waals surface area contributed by atoms with Crippen LogP contribution in [-0.4, -0.2) is 95.6 Å². The monoisotopic (exact) mass is 451 g/mol. The van der Waals surface area contributed by atoms with Crippen LogP contribution in [-0.2, 0) is 9.59 Å². The molecule has 3 aliphatic rings. The second-order valence-electron chi connectivity index (χ2n) is 9.08. The van der Waals surface area contributed by atoms with Crippen LogP contribution >= 0.6 is 0 Å². The van der Waals surface area contributed by atoms with Crippen molar-refractivity contribution < 1.29 is 24.3 Å². The molecule has 0 bridgehead atoms. The third kappa shape index (κ3) is 5.70. The number of piperidine rings is 1. The van der Waals surface area contributed by atoms with Gasteiger partial charge in [0.2, 0.25) is 5.91 Å². The number of β-lactam (4-membered cyclic amide) rings is 1. The van der Waals surface area contributed by atoms with Crippen LogP contribution in [0.15, 0.2) is 0 Å². The number of urea groups is 2. The molecule has 10 heteroatoms. The Balaban J connectivity index is 1.47. The summed E-state index contributed by atoms with van der Waals surface area (Å²) in [6.45, 7) is 5.84. The van der Waals surface area contributed by atoms with E-state index in [2.05, 4.69) is 17.6 Å². The zero-order chi connectivity index (χ0) is 23.1. The van der Waals surface area contributed by atoms with E-state index in [1.807, 2.05) is 0 Å². The van der Waals surface area contributed by atoms with Gasteiger partial charge in [0.25, 0.3) is 0 Å². The maximum absolute atomic E-state index is 12.9. The topological polar surface area (TPSA) is 122 Å². The van der Waals surface area contributed by atoms with Gasteiger partial charge >= 0.3 is 18.0 Å². The van der Waals surface area contributed by atoms with E-state index in [0.717, 1.165) is 56.5 Å². The summed E-state index contributed by atoms with van der Waals surface area (Å²) in [4.78, 5) is 53.9. The number of amides is 5. The molecule has 3 saturated heterocycles. The van der Waals surface area contributed by atoms with Gasteiger partial charge in [-0.15, -0.1) is 0 Å². The number of hydrogen-bond acceptors (Lipinski definition) is 5. The SMILES string of the molecule is CCCCCCNC(=O)N1CCN(C(=O)N2C(=O)[C@H](CC3CCNCC3)[C@H]2C(=O)O)CC1. The molecule has 0 aromatic heterocycles. The highest BCUT2D eigenvalue weighted by Gasteiger charge is 2.56. The molecule has 180 valence electrons. The van der Waals surface area contributed by atoms with Crippen LogP contribution in [0.3, 0.4) is 0 Å². The van der Waals surface area contributed by atoms with E-state index in [1.165, 1.54) is 4.90 Å². The van der Waals surface area contributed by atoms with Crippen LogP contribution in [0.2, 0.25) is 0 Å². The Morgan fingerprint density at radius 3 is 2.31 bits per heavy atom. The molecule has 5 amide bonds. The lowest BCUT2D eigenvalue weighted by Gasteiger charge is -2.47. The Morgan fingerprint density at radius 2 is 1.69 bits per heavy atom. The third-order valence-corrected chi connectivity index (χ3v) is 6.86. The van der Waals surface area contributed by atoms with Gasteiger partial charge in [0, 0.05) is 32.7 Å². The summed E-state index contributed by atoms with van der Waals surface area (Å²) in [6, 6.07) is -1.78. The average Bonchev–Trinajstić information content (AvgIpc) is 2.80. The first-order valence-corrected chi connectivity index (χ1v) is 12.0. The first-order chi connectivity index (χ1) is 15.4. The number of carbonyl (C=O) groups is 4. The van der Waals surface area contributed by atoms with Gasteiger partial charge in [-0.25, -0.2) is 19.3 Å². The number of piperazine rings is 1. The molecule has 0 saturated carbocycles. The van der Waals surface area contributed by atoms with Crippen LogP contribution in [0.25, 0.3) is 0 Å². The summed E-state index contributed by atoms with van der Waals surface area (Å²) < 4.78 is 0. The molecule has 10 nitrogen and oxygen atoms in total. The summed E-state index contributed by atoms with van der Waals surface area (Å²) in [7, 11) is 0. The predicted molar refractivity (Wildman–Crippen MR) is 118 cm³/mol. The Morgan fingerprint density at radius 1 is 1.03 bits per heavy atom. The van der Waals surface area contributed by atoms with E-state index in [1.54, 1.807) is 4.90 Å². The lowest BCUT2D eigenvalue weighted by molar-refractivity contribution is -0.167. The fourth-order valence-corrected chi connectivity index (χ4v) is 4.86. The smallest absolute Gasteiger partial charge is 0.327 e. The highest BCUT2D eigenvalue weighted by molar-refractivity contribution is 6.07. The van der Waals surface area contributed by atoms with E-state index in [0.29, 0.717) is 32.0 Å². The van der Waals surface area contributed by atoms with Crippen molar-refractivity contribution in [2.24, 2.45) is 11.8 Å². The minimum Gasteiger partial charge on any atom is -0.480 e. The van der Waals surface area contributed by atoms with Gasteiger partial charge in [-0.2, -0.15) is 0 Å². The lowest BCUT2D eigenvalue weighted by Crippen LogP contribution is -2.69. The van der Waals surface area contributed by atoms with Gasteiger partial charge in [-0.3, -0.25) is 4.79 Å². The Hall–Kier alpha value is -2.36. The molecule has 2 atom stereocenters. The molecule has 0 spiro atoms. The number of rotatable bonds is 8. The predicted octanol–water partition coefficient (Wildman–Crippen LogP) is 1.32. The zero-order valence-corrected chi connectivity index (χ0v) is 19.1. The zero-order valence-electron chi connectivity index (χ0n) is 19.1. The summed E-state index contributed by atoms with van der Waals surface area (Å²) in [5, 5.41) is 15.9. The van der Waals surface area contributed by atoms with Crippen molar-refractivity contribution >= 4 is 23.9 Å². The van der Waals surface area contributed by atoms with Gasteiger partial charge in [-0.05, 0) is 44.7 Å². The molecule has 3 fully saturated rings. The number of aliphatic carboxylic acids is 1. The summed E-state index contributed by atoms with van der Waals surface area (Å²) in [5.41, 5.74) is 0. The number of nitrogens with zero attached hydrogens (tertiary/aromatic N) is 3. The van der Waals surface area contributed by atoms with E-state index in [9.17, 15) is 24.3 Å². The highest BCUT2D eigenvalue weighted by atomic mass is 16.4. The second-order valence-corrected chi connectivity index (χ2v) is 9.08. The first-order valence-electron chi connectivity index (χ1n) is 12.0. The number of hydrogen-bond donors (Lipinski definition) is 3. The number of imide groups is 1. The molecule has 32 heavy (non-hydrogen) atoms. The number of nitrogens with one attached hydrogen (secondary N) is 2. The van der Waals surface area contributed by atoms with Crippen molar-refractivity contribution in [1.82, 2.24) is 25.3 Å². The summed E-state index contributed by atoms with van der Waals surface area (Å²) >= 11 is 0. The molecular formula is C22H37N5O5. The van der Waals surface area contributed by atoms with Gasteiger partial charge in [0.05, 0.1) is 5.92 Å². The largest absolute Gasteiger partial charge is 0.480 e. The van der Waals surface area contributed by atoms with Gasteiger partial charge in [-0.1, -0.05) is 26.2 Å². The molecule has 3 heterocycles. The van der Waals surface area contributed by atoms with Crippen molar-refractivity contribution in [1.29, 1.82) is 0 Å². The molecule has 0 aromatic rings. The minimum atomic E-state index is -1.13. The average molecular weight is 452 g/mol. The minimum absolute atomic E-state index is 0.140. The maximum Gasteiger partial charge on any atom is 0.327 e. The second kappa shape index (κ2) is 11.5. The molecule has 0 aliphatic carbocycles. The van der Waals surface area contributed by atoms with Crippen molar-refractivity contribution in [3.8, 4) is 0 Å². The van der Waals surface area contributed by atoms with Crippen LogP contribution in [0.5, 0.6) is 0 Å². The molecule has 3 N–H and O–H groups in total. The third-order valence-electron chi connectivity index (χ3n) is 6.86. The Labute approximate surface area is 189 Å². The number of carboxylic acids is 1. The van der Waals surface area contributed by atoms with Gasteiger partial charge in [0.1, 0.15) is 0 Å². The van der Waals surface area contributed by atoms with Crippen molar-refractivity contribution in [2.75, 3.05) is 45.8 Å². The summed E-state index contributed by atoms with van der Waals surface area (Å²) in [6.07, 6.45) is 6.70. The van der Waals surface area contributed by atoms with Gasteiger partial charge < -0.3 is 25.5 Å². The number of carboxylic acid groups (broad SMARTS) is 1. The van der Waals surface area contributed by atoms with Crippen LogP contribution in [0.1, 0.15) is 51.9 Å². The molecule has 0 radical (unpaired) electrons. The Kier molecular flexibility index (Phi) is 8.72. The quantitative estimate of drug-likeness (QED) is 0.378. The van der Waals surface area contributed by atoms with E-state index >= 15 is 0 Å². The van der Waals surface area contributed by atoms with Crippen molar-refractivity contribution in [3.63, 3.8) is 0 Å². The van der Waals surface area contributed by atoms with Crippen molar-refractivity contribution in [3.05, 3.63) is 0 Å². The molecule has 3 aliphatic heterocycles. The van der Waals surface area contributed by atoms with E-state index < -0.39 is 24.0 Å². The molecule has 0 aromatic carbocycles. The Bertz CT molecular complexity index is 688. The first kappa shape index (κ1) is 24.3. The fraction of sp³-hybridized carbons (Fsp3) is 0.818. The van der Waals surface area contributed by atoms with Crippen LogP contribution < -0.4 is 10.6 Å². The fourth-order valence-electron chi connectivity index (χ4n) is 4.86. The standard InChI is InChI=1S/C22H37N5O5/c1-2-3-4-5-8-24-21(31)25-11-13-26(14-12-25)22(32)27-18(20(29)30)17(19(27)28)15-16-6-9-23-10-7-16/h16-18,23H,2-15H2,1H3,(H,24,31)(H,29,30)/t17-,18+/m1/s1. The number of carbonyl (C=O) groups excluding carboxylic acids is 3. The van der Waals surface area contributed by atoms with E-state index in [4.69, 9.17) is 0 Å². The number of likely N-dealkylation sites (tertiary alicyclic amines) is 1. The van der Waals surface area contributed by atoms with E-state index in [-0.39, 0.29) is 25.0 Å².